The van der Waals surface area contributed by atoms with Crippen LogP contribution in [0.4, 0.5) is 0 Å². The van der Waals surface area contributed by atoms with Gasteiger partial charge in [0.2, 0.25) is 0 Å². The van der Waals surface area contributed by atoms with E-state index in [-0.39, 0.29) is 0 Å². The second kappa shape index (κ2) is 8.08. The normalized spacial score (nSPS) is 13.0. The molecule has 3 rings (SSSR count). The van der Waals surface area contributed by atoms with Gasteiger partial charge < -0.3 is 9.90 Å². The molecule has 0 saturated carbocycles. The van der Waals surface area contributed by atoms with Gasteiger partial charge in [-0.05, 0) is 22.4 Å². The van der Waals surface area contributed by atoms with E-state index in [1.165, 1.54) is 0 Å². The molecule has 0 fully saturated rings. The number of rotatable bonds is 6. The zero-order chi connectivity index (χ0) is 17.5. The fourth-order valence-electron chi connectivity index (χ4n) is 2.92. The molecule has 0 heterocycles. The summed E-state index contributed by atoms with van der Waals surface area (Å²) in [6.07, 6.45) is 1.81. The first-order chi connectivity index (χ1) is 12.2. The second-order valence-corrected chi connectivity index (χ2v) is 9.08. The number of hydrogen-bond acceptors (Lipinski definition) is 2. The quantitative estimate of drug-likeness (QED) is 0.674. The van der Waals surface area contributed by atoms with Gasteiger partial charge in [0.05, 0.1) is 6.10 Å². The molecule has 2 N–H and O–H groups in total. The maximum absolute atomic E-state index is 11.5. The lowest BCUT2D eigenvalue weighted by Gasteiger charge is -2.23. The molecule has 0 saturated heterocycles. The summed E-state index contributed by atoms with van der Waals surface area (Å²) in [5.41, 5.74) is 2.79. The van der Waals surface area contributed by atoms with Crippen molar-refractivity contribution in [1.29, 1.82) is 0 Å². The lowest BCUT2D eigenvalue weighted by atomic mass is 10.1. The summed E-state index contributed by atoms with van der Waals surface area (Å²) in [6.45, 7) is 0. The third-order valence-electron chi connectivity index (χ3n) is 4.33. The van der Waals surface area contributed by atoms with Crippen LogP contribution in [0.3, 0.4) is 0 Å². The summed E-state index contributed by atoms with van der Waals surface area (Å²) >= 11 is 0. The Labute approximate surface area is 149 Å². The summed E-state index contributed by atoms with van der Waals surface area (Å²) in [5, 5.41) is 12.2. The first kappa shape index (κ1) is 17.4. The van der Waals surface area contributed by atoms with Crippen LogP contribution in [0.1, 0.15) is 18.1 Å². The van der Waals surface area contributed by atoms with E-state index in [1.807, 2.05) is 103 Å². The molecule has 2 nitrogen and oxygen atoms in total. The third-order valence-corrected chi connectivity index (χ3v) is 7.48. The molecule has 126 valence electrons. The van der Waals surface area contributed by atoms with Crippen molar-refractivity contribution in [2.75, 3.05) is 0 Å². The molecule has 0 aliphatic rings. The smallest absolute Gasteiger partial charge is 0.277 e. The van der Waals surface area contributed by atoms with E-state index < -0.39 is 14.4 Å². The van der Waals surface area contributed by atoms with E-state index >= 15 is 0 Å². The Bertz CT molecular complexity index is 762. The predicted molar refractivity (Wildman–Crippen MR) is 105 cm³/mol. The van der Waals surface area contributed by atoms with Crippen LogP contribution in [0.5, 0.6) is 0 Å². The number of benzene rings is 3. The van der Waals surface area contributed by atoms with Crippen LogP contribution in [0.2, 0.25) is 0 Å². The Balaban J connectivity index is 1.86. The molecule has 0 amide bonds. The van der Waals surface area contributed by atoms with E-state index in [9.17, 15) is 9.90 Å². The Morgan fingerprint density at radius 3 is 1.64 bits per heavy atom. The molecule has 3 aromatic carbocycles. The van der Waals surface area contributed by atoms with Gasteiger partial charge in [-0.25, -0.2) is 0 Å². The van der Waals surface area contributed by atoms with Crippen molar-refractivity contribution in [3.63, 3.8) is 0 Å². The highest BCUT2D eigenvalue weighted by Gasteiger charge is 2.32. The topological polar surface area (TPSA) is 40.5 Å². The van der Waals surface area contributed by atoms with Crippen LogP contribution in [-0.2, 0) is 0 Å². The van der Waals surface area contributed by atoms with Gasteiger partial charge >= 0.3 is 0 Å². The molecule has 0 aliphatic heterocycles. The van der Waals surface area contributed by atoms with Crippen LogP contribution >= 0.6 is 0 Å². The fourth-order valence-corrected chi connectivity index (χ4v) is 5.52. The van der Waals surface area contributed by atoms with Gasteiger partial charge in [-0.1, -0.05) is 103 Å². The van der Waals surface area contributed by atoms with E-state index in [1.54, 1.807) is 0 Å². The van der Waals surface area contributed by atoms with E-state index in [4.69, 9.17) is 0 Å². The van der Waals surface area contributed by atoms with Crippen molar-refractivity contribution in [2.45, 2.75) is 12.5 Å². The van der Waals surface area contributed by atoms with Crippen molar-refractivity contribution in [3.05, 3.63) is 108 Å². The molecular formula is C22H22O2Si. The number of aliphatic hydroxyl groups excluding tert-OH is 1. The Hall–Kier alpha value is -2.46. The Morgan fingerprint density at radius 2 is 1.16 bits per heavy atom. The van der Waals surface area contributed by atoms with E-state index in [0.29, 0.717) is 6.42 Å². The molecule has 0 aliphatic carbocycles. The predicted octanol–water partition coefficient (Wildman–Crippen LogP) is 2.96. The molecular weight excluding hydrogens is 324 g/mol. The summed E-state index contributed by atoms with van der Waals surface area (Å²) in [6, 6.07) is 29.2. The first-order valence-electron chi connectivity index (χ1n) is 8.44. The van der Waals surface area contributed by atoms with Gasteiger partial charge in [0.1, 0.15) is 0 Å². The maximum atomic E-state index is 11.5. The lowest BCUT2D eigenvalue weighted by molar-refractivity contribution is 0.181. The Kier molecular flexibility index (Phi) is 5.61. The zero-order valence-electron chi connectivity index (χ0n) is 14.0. The maximum Gasteiger partial charge on any atom is 0.277 e. The van der Waals surface area contributed by atoms with E-state index in [2.05, 4.69) is 0 Å². The Morgan fingerprint density at radius 1 is 0.720 bits per heavy atom. The second-order valence-electron chi connectivity index (χ2n) is 6.06. The summed E-state index contributed by atoms with van der Waals surface area (Å²) in [4.78, 5) is 11.5. The first-order valence-corrected chi connectivity index (χ1v) is 10.5. The van der Waals surface area contributed by atoms with Crippen molar-refractivity contribution in [1.82, 2.24) is 0 Å². The minimum atomic E-state index is -2.96. The molecule has 3 heteroatoms. The molecule has 0 spiro atoms. The third kappa shape index (κ3) is 4.14. The molecule has 1 atom stereocenters. The summed E-state index contributed by atoms with van der Waals surface area (Å²) in [7, 11) is -2.96. The highest BCUT2D eigenvalue weighted by molar-refractivity contribution is 7.00. The van der Waals surface area contributed by atoms with Gasteiger partial charge in [-0.15, -0.1) is 0 Å². The van der Waals surface area contributed by atoms with Crippen molar-refractivity contribution in [2.24, 2.45) is 0 Å². The van der Waals surface area contributed by atoms with Gasteiger partial charge in [-0.2, -0.15) is 0 Å². The van der Waals surface area contributed by atoms with Crippen LogP contribution in [0.15, 0.2) is 103 Å². The molecule has 25 heavy (non-hydrogen) atoms. The number of aliphatic hydroxyl groups is 1. The van der Waals surface area contributed by atoms with Gasteiger partial charge in [0, 0.05) is 0 Å². The zero-order valence-corrected chi connectivity index (χ0v) is 15.0. The standard InChI is InChI=1S/C22H22O2Si/c23-22(19-11-4-1-5-12-19)17-10-18-25(24,20-13-6-2-7-14-20)21-15-8-3-9-16-21/h1-16,18,22-24H,17H2/b18-10+. The van der Waals surface area contributed by atoms with Crippen molar-refractivity contribution >= 4 is 18.7 Å². The van der Waals surface area contributed by atoms with Crippen molar-refractivity contribution in [3.8, 4) is 0 Å². The molecule has 0 bridgehead atoms. The summed E-state index contributed by atoms with van der Waals surface area (Å²) < 4.78 is 0. The van der Waals surface area contributed by atoms with Crippen LogP contribution in [-0.4, -0.2) is 18.2 Å². The van der Waals surface area contributed by atoms with Gasteiger partial charge in [0.25, 0.3) is 8.32 Å². The molecule has 1 unspecified atom stereocenters. The van der Waals surface area contributed by atoms with Gasteiger partial charge in [-0.3, -0.25) is 0 Å². The highest BCUT2D eigenvalue weighted by atomic mass is 28.4. The number of hydrogen-bond donors (Lipinski definition) is 2. The summed E-state index contributed by atoms with van der Waals surface area (Å²) in [5.74, 6) is 0. The lowest BCUT2D eigenvalue weighted by Crippen LogP contribution is -2.57. The van der Waals surface area contributed by atoms with Crippen LogP contribution in [0, 0.1) is 0 Å². The molecule has 0 radical (unpaired) electrons. The molecule has 3 aromatic rings. The highest BCUT2D eigenvalue weighted by Crippen LogP contribution is 2.17. The monoisotopic (exact) mass is 346 g/mol. The van der Waals surface area contributed by atoms with Gasteiger partial charge in [0.15, 0.2) is 0 Å². The average molecular weight is 347 g/mol. The van der Waals surface area contributed by atoms with Crippen LogP contribution in [0.25, 0.3) is 0 Å². The van der Waals surface area contributed by atoms with Crippen LogP contribution < -0.4 is 10.4 Å². The van der Waals surface area contributed by atoms with Crippen molar-refractivity contribution < 1.29 is 9.90 Å². The van der Waals surface area contributed by atoms with E-state index in [0.717, 1.165) is 15.9 Å². The SMILES string of the molecule is OC(C/C=C/[Si](O)(c1ccccc1)c1ccccc1)c1ccccc1. The average Bonchev–Trinajstić information content (AvgIpc) is 2.70. The minimum Gasteiger partial charge on any atom is -0.421 e. The largest absolute Gasteiger partial charge is 0.421 e. The molecule has 0 aromatic heterocycles. The minimum absolute atomic E-state index is 0.471. The fraction of sp³-hybridized carbons (Fsp3) is 0.0909.